The van der Waals surface area contributed by atoms with Gasteiger partial charge in [0.1, 0.15) is 6.61 Å². The van der Waals surface area contributed by atoms with Crippen LogP contribution < -0.4 is 5.32 Å². The predicted molar refractivity (Wildman–Crippen MR) is 109 cm³/mol. The maximum Gasteiger partial charge on any atom is 0.407 e. The fraction of sp³-hybridized carbons (Fsp3) is 0.333. The topological polar surface area (TPSA) is 98.8 Å². The van der Waals surface area contributed by atoms with Crippen LogP contribution in [0.15, 0.2) is 54.6 Å². The van der Waals surface area contributed by atoms with Crippen LogP contribution in [0.2, 0.25) is 0 Å². The van der Waals surface area contributed by atoms with Gasteiger partial charge < -0.3 is 10.1 Å². The Bertz CT molecular complexity index is 943. The van der Waals surface area contributed by atoms with Crippen molar-refractivity contribution in [3.8, 4) is 0 Å². The zero-order chi connectivity index (χ0) is 21.4. The van der Waals surface area contributed by atoms with Crippen LogP contribution >= 0.6 is 0 Å². The Kier molecular flexibility index (Phi) is 7.92. The molecule has 7 nitrogen and oxygen atoms in total. The van der Waals surface area contributed by atoms with E-state index in [9.17, 15) is 18.0 Å². The average Bonchev–Trinajstić information content (AvgIpc) is 2.71. The molecule has 0 saturated heterocycles. The van der Waals surface area contributed by atoms with Gasteiger partial charge in [-0.05, 0) is 37.5 Å². The normalized spacial score (nSPS) is 13.3. The first kappa shape index (κ1) is 22.6. The number of carbonyl (C=O) groups is 2. The number of alkyl carbamates (subject to hydrolysis) is 1. The van der Waals surface area contributed by atoms with Gasteiger partial charge in [-0.25, -0.2) is 4.79 Å². The second-order valence-electron chi connectivity index (χ2n) is 6.59. The maximum atomic E-state index is 12.4. The van der Waals surface area contributed by atoms with E-state index in [1.165, 1.54) is 6.07 Å². The standard InChI is InChI=1S/C21H25NO6S/c1-4-19(16(3)22-21(24)27-14-17-11-6-5-7-12-17)28-29(25,26)20(23)18-13-9-8-10-15(18)2/h5-13,16,19H,4,14H2,1-3H3,(H,22,24). The first-order chi connectivity index (χ1) is 13.7. The lowest BCUT2D eigenvalue weighted by atomic mass is 10.1. The Labute approximate surface area is 171 Å². The number of amides is 1. The van der Waals surface area contributed by atoms with Gasteiger partial charge in [-0.15, -0.1) is 0 Å². The Morgan fingerprint density at radius 1 is 1.03 bits per heavy atom. The summed E-state index contributed by atoms with van der Waals surface area (Å²) in [7, 11) is -4.51. The molecule has 0 aliphatic carbocycles. The molecule has 0 heterocycles. The number of carbonyl (C=O) groups excluding carboxylic acids is 2. The molecular weight excluding hydrogens is 394 g/mol. The lowest BCUT2D eigenvalue weighted by Gasteiger charge is -2.23. The summed E-state index contributed by atoms with van der Waals surface area (Å²) in [5.41, 5.74) is 1.42. The molecule has 0 aliphatic rings. The number of rotatable bonds is 8. The first-order valence-electron chi connectivity index (χ1n) is 9.25. The molecule has 2 aromatic rings. The molecule has 2 aromatic carbocycles. The fourth-order valence-electron chi connectivity index (χ4n) is 2.69. The maximum absolute atomic E-state index is 12.4. The van der Waals surface area contributed by atoms with Crippen LogP contribution in [-0.4, -0.2) is 31.8 Å². The highest BCUT2D eigenvalue weighted by Crippen LogP contribution is 2.17. The molecule has 0 saturated carbocycles. The highest BCUT2D eigenvalue weighted by molar-refractivity contribution is 8.02. The molecule has 2 unspecified atom stereocenters. The number of ether oxygens (including phenoxy) is 1. The second-order valence-corrected chi connectivity index (χ2v) is 8.07. The number of aryl methyl sites for hydroxylation is 1. The van der Waals surface area contributed by atoms with Gasteiger partial charge in [0.2, 0.25) is 0 Å². The minimum atomic E-state index is -4.51. The predicted octanol–water partition coefficient (Wildman–Crippen LogP) is 3.58. The van der Waals surface area contributed by atoms with Crippen molar-refractivity contribution in [3.05, 3.63) is 71.3 Å². The summed E-state index contributed by atoms with van der Waals surface area (Å²) >= 11 is 0. The minimum absolute atomic E-state index is 0.0604. The monoisotopic (exact) mass is 419 g/mol. The molecule has 0 fully saturated rings. The summed E-state index contributed by atoms with van der Waals surface area (Å²) < 4.78 is 35.1. The zero-order valence-electron chi connectivity index (χ0n) is 16.6. The zero-order valence-corrected chi connectivity index (χ0v) is 17.4. The van der Waals surface area contributed by atoms with E-state index in [4.69, 9.17) is 8.92 Å². The van der Waals surface area contributed by atoms with Crippen molar-refractivity contribution >= 4 is 21.3 Å². The van der Waals surface area contributed by atoms with E-state index < -0.39 is 33.5 Å². The molecule has 1 amide bonds. The summed E-state index contributed by atoms with van der Waals surface area (Å²) in [5, 5.41) is 1.45. The molecule has 0 spiro atoms. The largest absolute Gasteiger partial charge is 0.445 e. The highest BCUT2D eigenvalue weighted by atomic mass is 32.2. The van der Waals surface area contributed by atoms with Crippen LogP contribution in [0.25, 0.3) is 0 Å². The van der Waals surface area contributed by atoms with E-state index in [0.717, 1.165) is 5.56 Å². The summed E-state index contributed by atoms with van der Waals surface area (Å²) in [4.78, 5) is 24.4. The van der Waals surface area contributed by atoms with E-state index >= 15 is 0 Å². The minimum Gasteiger partial charge on any atom is -0.445 e. The van der Waals surface area contributed by atoms with Gasteiger partial charge in [0.25, 0.3) is 0 Å². The van der Waals surface area contributed by atoms with Gasteiger partial charge in [0, 0.05) is 5.56 Å². The van der Waals surface area contributed by atoms with Gasteiger partial charge in [-0.1, -0.05) is 55.5 Å². The van der Waals surface area contributed by atoms with E-state index in [0.29, 0.717) is 5.56 Å². The van der Waals surface area contributed by atoms with Crippen molar-refractivity contribution in [2.45, 2.75) is 45.9 Å². The second kappa shape index (κ2) is 10.2. The Morgan fingerprint density at radius 2 is 1.66 bits per heavy atom. The SMILES string of the molecule is CCC(OS(=O)(=O)C(=O)c1ccccc1C)C(C)NC(=O)OCc1ccccc1. The average molecular weight is 419 g/mol. The molecular formula is C21H25NO6S. The number of hydrogen-bond acceptors (Lipinski definition) is 6. The highest BCUT2D eigenvalue weighted by Gasteiger charge is 2.32. The Hall–Kier alpha value is -2.71. The van der Waals surface area contributed by atoms with Crippen molar-refractivity contribution in [2.75, 3.05) is 0 Å². The van der Waals surface area contributed by atoms with Crippen LogP contribution in [0.4, 0.5) is 4.79 Å². The molecule has 0 radical (unpaired) electrons. The smallest absolute Gasteiger partial charge is 0.407 e. The van der Waals surface area contributed by atoms with Crippen molar-refractivity contribution < 1.29 is 26.9 Å². The summed E-state index contributed by atoms with van der Waals surface area (Å²) in [5.74, 6) is 0. The number of benzene rings is 2. The first-order valence-corrected chi connectivity index (χ1v) is 10.7. The molecule has 0 aromatic heterocycles. The summed E-state index contributed by atoms with van der Waals surface area (Å²) in [6.45, 7) is 5.02. The lowest BCUT2D eigenvalue weighted by Crippen LogP contribution is -2.44. The number of nitrogens with one attached hydrogen (secondary N) is 1. The van der Waals surface area contributed by atoms with E-state index in [1.807, 2.05) is 30.3 Å². The number of hydrogen-bond donors (Lipinski definition) is 1. The third kappa shape index (κ3) is 6.40. The van der Waals surface area contributed by atoms with Crippen LogP contribution in [0.1, 0.15) is 41.8 Å². The van der Waals surface area contributed by atoms with Crippen molar-refractivity contribution in [1.29, 1.82) is 0 Å². The van der Waals surface area contributed by atoms with Crippen LogP contribution in [0, 0.1) is 6.92 Å². The summed E-state index contributed by atoms with van der Waals surface area (Å²) in [6.07, 6.45) is -1.36. The molecule has 29 heavy (non-hydrogen) atoms. The van der Waals surface area contributed by atoms with E-state index in [1.54, 1.807) is 39.0 Å². The van der Waals surface area contributed by atoms with Crippen molar-refractivity contribution in [3.63, 3.8) is 0 Å². The van der Waals surface area contributed by atoms with Crippen LogP contribution in [0.5, 0.6) is 0 Å². The van der Waals surface area contributed by atoms with Gasteiger partial charge in [0.15, 0.2) is 0 Å². The molecule has 0 bridgehead atoms. The molecule has 1 N–H and O–H groups in total. The third-order valence-electron chi connectivity index (χ3n) is 4.36. The quantitative estimate of drug-likeness (QED) is 0.657. The van der Waals surface area contributed by atoms with Crippen LogP contribution in [0.3, 0.4) is 0 Å². The molecule has 0 aliphatic heterocycles. The van der Waals surface area contributed by atoms with Crippen molar-refractivity contribution in [2.24, 2.45) is 0 Å². The molecule has 156 valence electrons. The third-order valence-corrected chi connectivity index (χ3v) is 5.54. The van der Waals surface area contributed by atoms with Gasteiger partial charge in [-0.3, -0.25) is 8.98 Å². The van der Waals surface area contributed by atoms with Gasteiger partial charge >= 0.3 is 21.3 Å². The van der Waals surface area contributed by atoms with Crippen LogP contribution in [-0.2, 0) is 25.6 Å². The van der Waals surface area contributed by atoms with Gasteiger partial charge in [-0.2, -0.15) is 8.42 Å². The Morgan fingerprint density at radius 3 is 2.28 bits per heavy atom. The molecule has 8 heteroatoms. The molecule has 2 atom stereocenters. The van der Waals surface area contributed by atoms with E-state index in [-0.39, 0.29) is 18.6 Å². The van der Waals surface area contributed by atoms with Crippen molar-refractivity contribution in [1.82, 2.24) is 5.32 Å². The lowest BCUT2D eigenvalue weighted by molar-refractivity contribution is 0.100. The fourth-order valence-corrected chi connectivity index (χ4v) is 3.91. The Balaban J connectivity index is 1.97. The van der Waals surface area contributed by atoms with Gasteiger partial charge in [0.05, 0.1) is 12.1 Å². The van der Waals surface area contributed by atoms with E-state index in [2.05, 4.69) is 5.32 Å². The molecule has 2 rings (SSSR count). The summed E-state index contributed by atoms with van der Waals surface area (Å²) in [6, 6.07) is 14.8.